The van der Waals surface area contributed by atoms with Crippen molar-refractivity contribution in [3.63, 3.8) is 0 Å². The first-order valence-electron chi connectivity index (χ1n) is 23.1. The lowest BCUT2D eigenvalue weighted by Crippen LogP contribution is -2.54. The number of amides is 5. The number of hydrogen-bond donors (Lipinski definition) is 3. The van der Waals surface area contributed by atoms with Crippen LogP contribution in [0.5, 0.6) is 0 Å². The van der Waals surface area contributed by atoms with E-state index in [0.29, 0.717) is 36.9 Å². The molecule has 4 rings (SSSR count). The van der Waals surface area contributed by atoms with Gasteiger partial charge in [0.2, 0.25) is 11.8 Å². The Morgan fingerprint density at radius 2 is 1.71 bits per heavy atom. The summed E-state index contributed by atoms with van der Waals surface area (Å²) < 4.78 is 6.87. The van der Waals surface area contributed by atoms with E-state index in [9.17, 15) is 33.9 Å². The highest BCUT2D eigenvalue weighted by Crippen LogP contribution is 2.34. The molecule has 1 fully saturated rings. The number of carbonyl (C=O) groups is 7. The molecule has 360 valence electrons. The van der Waals surface area contributed by atoms with Crippen molar-refractivity contribution < 1.29 is 43.4 Å². The Labute approximate surface area is 396 Å². The highest BCUT2D eigenvalue weighted by molar-refractivity contribution is 8.01. The van der Waals surface area contributed by atoms with Gasteiger partial charge in [0.05, 0.1) is 4.21 Å². The summed E-state index contributed by atoms with van der Waals surface area (Å²) in [5, 5.41) is 19.1. The van der Waals surface area contributed by atoms with Crippen LogP contribution in [0.3, 0.4) is 0 Å². The molecule has 2 aliphatic rings. The van der Waals surface area contributed by atoms with Gasteiger partial charge in [0.15, 0.2) is 6.10 Å². The fourth-order valence-electron chi connectivity index (χ4n) is 8.45. The predicted molar refractivity (Wildman–Crippen MR) is 254 cm³/mol. The lowest BCUT2D eigenvalue weighted by molar-refractivity contribution is -0.150. The van der Waals surface area contributed by atoms with Gasteiger partial charge in [0.1, 0.15) is 22.8 Å². The standard InChI is InChI=1S/C47H70N6O9S3/c1-9-30(5)34(19-18-33-16-11-12-22-51(33)8)46(59)52(23-13-14-24-53-39(55)20-21-40(53)56)37(29(3)4)26-38(62-32(7)54)45-49-36(28-65-45)43(57)48-35(27-64-41-17-15-25-63-41)44(58)50-42(47(60)61)31(6)10-2/h15,17,20-21,25,28-31,33-35,37-38,42H,9-14,16,18-19,22-24,26-27H2,1-8H3,(H,48,57)(H,50,58)(H,60,61)/t30-,31?,33+,34-,35-,37+,38+,42?/m0/s1. The third-order valence-electron chi connectivity index (χ3n) is 12.8. The minimum Gasteiger partial charge on any atom is -0.480 e. The number of nitrogens with zero attached hydrogens (tertiary/aromatic N) is 4. The van der Waals surface area contributed by atoms with Gasteiger partial charge in [-0.2, -0.15) is 0 Å². The second-order valence-electron chi connectivity index (χ2n) is 17.8. The molecule has 18 heteroatoms. The lowest BCUT2D eigenvalue weighted by Gasteiger charge is -2.40. The molecule has 0 bridgehead atoms. The van der Waals surface area contributed by atoms with E-state index in [2.05, 4.69) is 41.4 Å². The zero-order chi connectivity index (χ0) is 47.8. The third-order valence-corrected chi connectivity index (χ3v) is 16.0. The van der Waals surface area contributed by atoms with Crippen LogP contribution in [0.15, 0.2) is 39.3 Å². The van der Waals surface area contributed by atoms with Gasteiger partial charge in [-0.05, 0) is 81.3 Å². The summed E-state index contributed by atoms with van der Waals surface area (Å²) in [6.07, 6.45) is 9.22. The van der Waals surface area contributed by atoms with Crippen LogP contribution in [0.2, 0.25) is 0 Å². The number of hydrogen-bond acceptors (Lipinski definition) is 13. The Morgan fingerprint density at radius 3 is 2.31 bits per heavy atom. The van der Waals surface area contributed by atoms with E-state index in [4.69, 9.17) is 4.74 Å². The summed E-state index contributed by atoms with van der Waals surface area (Å²) in [5.41, 5.74) is -0.00294. The largest absolute Gasteiger partial charge is 0.480 e. The number of nitrogens with one attached hydrogen (secondary N) is 2. The number of likely N-dealkylation sites (tertiary alicyclic amines) is 1. The first-order valence-corrected chi connectivity index (χ1v) is 25.9. The second kappa shape index (κ2) is 26.3. The van der Waals surface area contributed by atoms with Crippen molar-refractivity contribution in [1.82, 2.24) is 30.3 Å². The number of carboxylic acid groups (broad SMARTS) is 1. The molecule has 0 spiro atoms. The average molecular weight is 959 g/mol. The molecular weight excluding hydrogens is 889 g/mol. The molecule has 1 saturated heterocycles. The number of piperidine rings is 1. The molecule has 0 saturated carbocycles. The van der Waals surface area contributed by atoms with Gasteiger partial charge in [-0.25, -0.2) is 9.78 Å². The Morgan fingerprint density at radius 1 is 1.00 bits per heavy atom. The summed E-state index contributed by atoms with van der Waals surface area (Å²) in [4.78, 5) is 102. The molecule has 2 aromatic rings. The van der Waals surface area contributed by atoms with Gasteiger partial charge in [0.25, 0.3) is 17.7 Å². The van der Waals surface area contributed by atoms with Crippen molar-refractivity contribution in [2.75, 3.05) is 32.4 Å². The number of aliphatic carboxylic acids is 1. The van der Waals surface area contributed by atoms with E-state index >= 15 is 4.79 Å². The molecule has 3 N–H and O–H groups in total. The lowest BCUT2D eigenvalue weighted by atomic mass is 9.83. The maximum Gasteiger partial charge on any atom is 0.326 e. The quantitative estimate of drug-likeness (QED) is 0.0354. The van der Waals surface area contributed by atoms with Gasteiger partial charge >= 0.3 is 11.9 Å². The number of unbranched alkanes of at least 4 members (excludes halogenated alkanes) is 1. The van der Waals surface area contributed by atoms with Gasteiger partial charge in [0, 0.05) is 67.7 Å². The van der Waals surface area contributed by atoms with Crippen molar-refractivity contribution in [2.24, 2.45) is 23.7 Å². The molecule has 15 nitrogen and oxygen atoms in total. The summed E-state index contributed by atoms with van der Waals surface area (Å²) in [6.45, 7) is 14.8. The maximum absolute atomic E-state index is 15.1. The normalized spacial score (nSPS) is 18.7. The fraction of sp³-hybridized carbons (Fsp3) is 0.660. The van der Waals surface area contributed by atoms with Crippen LogP contribution in [0.1, 0.15) is 134 Å². The minimum atomic E-state index is -1.17. The monoisotopic (exact) mass is 958 g/mol. The number of carboxylic acids is 1. The van der Waals surface area contributed by atoms with E-state index in [1.54, 1.807) is 6.92 Å². The number of thiazole rings is 1. The molecular formula is C47H70N6O9S3. The van der Waals surface area contributed by atoms with Crippen LogP contribution in [0.25, 0.3) is 0 Å². The van der Waals surface area contributed by atoms with E-state index in [-0.39, 0.29) is 65.8 Å². The summed E-state index contributed by atoms with van der Waals surface area (Å²) in [5.74, 6) is -4.17. The molecule has 0 radical (unpaired) electrons. The first kappa shape index (κ1) is 53.5. The van der Waals surface area contributed by atoms with Crippen LogP contribution < -0.4 is 10.6 Å². The number of esters is 1. The Balaban J connectivity index is 1.61. The van der Waals surface area contributed by atoms with E-state index in [1.165, 1.54) is 65.3 Å². The number of thiophene rings is 1. The maximum atomic E-state index is 15.1. The van der Waals surface area contributed by atoms with Crippen LogP contribution in [0.4, 0.5) is 0 Å². The number of imide groups is 1. The summed E-state index contributed by atoms with van der Waals surface area (Å²) in [6, 6.07) is 1.49. The molecule has 0 aliphatic carbocycles. The number of thioether (sulfide) groups is 1. The number of ether oxygens (including phenoxy) is 1. The van der Waals surface area contributed by atoms with Gasteiger partial charge in [-0.1, -0.05) is 66.9 Å². The van der Waals surface area contributed by atoms with Crippen molar-refractivity contribution in [3.8, 4) is 0 Å². The molecule has 8 atom stereocenters. The molecule has 2 unspecified atom stereocenters. The number of aromatic nitrogens is 1. The third kappa shape index (κ3) is 15.7. The van der Waals surface area contributed by atoms with E-state index in [0.717, 1.165) is 47.8 Å². The molecule has 0 aromatic carbocycles. The zero-order valence-electron chi connectivity index (χ0n) is 39.3. The second-order valence-corrected chi connectivity index (χ2v) is 21.0. The van der Waals surface area contributed by atoms with Gasteiger partial charge < -0.3 is 30.3 Å². The van der Waals surface area contributed by atoms with Crippen LogP contribution in [-0.4, -0.2) is 123 Å². The van der Waals surface area contributed by atoms with E-state index in [1.807, 2.05) is 43.2 Å². The van der Waals surface area contributed by atoms with Crippen molar-refractivity contribution in [3.05, 3.63) is 45.7 Å². The van der Waals surface area contributed by atoms with Crippen LogP contribution >= 0.6 is 34.4 Å². The molecule has 2 aliphatic heterocycles. The number of rotatable bonds is 27. The SMILES string of the molecule is CCC(C)C(NC(=O)[C@H](CSc1cccs1)NC(=O)c1csc([C@@H](C[C@H](C(C)C)N(CCCCN2C(=O)C=CC2=O)C(=O)[C@@H](CC[C@H]2CCCCN2C)[C@@H](C)CC)OC(C)=O)n1)C(=O)O. The Kier molecular flexibility index (Phi) is 21.6. The number of carbonyl (C=O) groups excluding carboxylic acids is 6. The van der Waals surface area contributed by atoms with Crippen LogP contribution in [-0.2, 0) is 33.5 Å². The van der Waals surface area contributed by atoms with Gasteiger partial charge in [-0.15, -0.1) is 34.4 Å². The molecule has 5 amide bonds. The van der Waals surface area contributed by atoms with Crippen molar-refractivity contribution in [2.45, 2.75) is 147 Å². The zero-order valence-corrected chi connectivity index (χ0v) is 41.7. The molecule has 2 aromatic heterocycles. The van der Waals surface area contributed by atoms with Crippen LogP contribution in [0, 0.1) is 23.7 Å². The predicted octanol–water partition coefficient (Wildman–Crippen LogP) is 7.19. The topological polar surface area (TPSA) is 196 Å². The highest BCUT2D eigenvalue weighted by Gasteiger charge is 2.38. The van der Waals surface area contributed by atoms with Crippen molar-refractivity contribution in [1.29, 1.82) is 0 Å². The first-order chi connectivity index (χ1) is 30.9. The van der Waals surface area contributed by atoms with E-state index < -0.39 is 48.0 Å². The fourth-order valence-corrected chi connectivity index (χ4v) is 11.1. The molecule has 65 heavy (non-hydrogen) atoms. The Hall–Kier alpha value is -4.13. The smallest absolute Gasteiger partial charge is 0.326 e. The summed E-state index contributed by atoms with van der Waals surface area (Å²) >= 11 is 3.97. The Bertz CT molecular complexity index is 1920. The highest BCUT2D eigenvalue weighted by atomic mass is 32.2. The average Bonchev–Trinajstić information content (AvgIpc) is 4.05. The molecule has 4 heterocycles. The minimum absolute atomic E-state index is 0.00294. The summed E-state index contributed by atoms with van der Waals surface area (Å²) in [7, 11) is 2.16. The van der Waals surface area contributed by atoms with Crippen molar-refractivity contribution >= 4 is 75.9 Å². The van der Waals surface area contributed by atoms with Gasteiger partial charge in [-0.3, -0.25) is 33.7 Å².